The molecule has 2 N–H and O–H groups in total. The van der Waals surface area contributed by atoms with Gasteiger partial charge >= 0.3 is 0 Å². The Bertz CT molecular complexity index is 302. The maximum absolute atomic E-state index is 5.66. The molecule has 0 aromatic rings. The summed E-state index contributed by atoms with van der Waals surface area (Å²) in [6.07, 6.45) is 5.77. The summed E-state index contributed by atoms with van der Waals surface area (Å²) in [6, 6.07) is 0. The lowest BCUT2D eigenvalue weighted by molar-refractivity contribution is 0.251. The third-order valence-electron chi connectivity index (χ3n) is 3.88. The van der Waals surface area contributed by atoms with E-state index in [1.54, 1.807) is 11.8 Å². The standard InChI is InChI=1S/C11H19N3S2/c12-10-13-8-9(16-10)15-7-6-14-5-1-2-11(14)3-4-11/h9H,1-8H2,(H2,12,13). The highest BCUT2D eigenvalue weighted by atomic mass is 32.2. The zero-order valence-electron chi connectivity index (χ0n) is 9.52. The van der Waals surface area contributed by atoms with E-state index in [0.717, 1.165) is 11.7 Å². The molecule has 0 bridgehead atoms. The predicted molar refractivity (Wildman–Crippen MR) is 73.1 cm³/mol. The van der Waals surface area contributed by atoms with Gasteiger partial charge in [-0.2, -0.15) is 0 Å². The highest BCUT2D eigenvalue weighted by Gasteiger charge is 2.49. The van der Waals surface area contributed by atoms with Gasteiger partial charge in [-0.05, 0) is 32.2 Å². The molecule has 16 heavy (non-hydrogen) atoms. The first-order valence-electron chi connectivity index (χ1n) is 6.12. The third-order valence-corrected chi connectivity index (χ3v) is 6.30. The molecule has 1 spiro atoms. The average Bonchev–Trinajstić information content (AvgIpc) is 2.75. The molecule has 1 atom stereocenters. The first kappa shape index (κ1) is 11.2. The van der Waals surface area contributed by atoms with Gasteiger partial charge in [0.15, 0.2) is 5.17 Å². The van der Waals surface area contributed by atoms with Crippen LogP contribution in [0.15, 0.2) is 4.99 Å². The van der Waals surface area contributed by atoms with Crippen molar-refractivity contribution in [3.63, 3.8) is 0 Å². The highest BCUT2D eigenvalue weighted by Crippen LogP contribution is 2.49. The van der Waals surface area contributed by atoms with Gasteiger partial charge in [0.1, 0.15) is 0 Å². The van der Waals surface area contributed by atoms with E-state index in [0.29, 0.717) is 10.1 Å². The molecule has 0 aromatic heterocycles. The zero-order valence-corrected chi connectivity index (χ0v) is 11.2. The Morgan fingerprint density at radius 1 is 1.50 bits per heavy atom. The summed E-state index contributed by atoms with van der Waals surface area (Å²) in [7, 11) is 0. The molecule has 3 rings (SSSR count). The third kappa shape index (κ3) is 2.22. The van der Waals surface area contributed by atoms with Gasteiger partial charge in [-0.1, -0.05) is 11.8 Å². The van der Waals surface area contributed by atoms with Crippen molar-refractivity contribution >= 4 is 28.7 Å². The van der Waals surface area contributed by atoms with Crippen LogP contribution < -0.4 is 5.73 Å². The SMILES string of the molecule is NC1=NCC(SCCN2CCCC23CC3)S1. The van der Waals surface area contributed by atoms with Crippen LogP contribution in [-0.4, -0.2) is 45.6 Å². The smallest absolute Gasteiger partial charge is 0.155 e. The largest absolute Gasteiger partial charge is 0.379 e. The van der Waals surface area contributed by atoms with Gasteiger partial charge in [0.2, 0.25) is 0 Å². The van der Waals surface area contributed by atoms with Gasteiger partial charge in [-0.3, -0.25) is 9.89 Å². The normalized spacial score (nSPS) is 32.2. The van der Waals surface area contributed by atoms with E-state index < -0.39 is 0 Å². The second kappa shape index (κ2) is 4.42. The number of nitrogens with zero attached hydrogens (tertiary/aromatic N) is 2. The molecule has 3 aliphatic rings. The fourth-order valence-electron chi connectivity index (χ4n) is 2.81. The Balaban J connectivity index is 1.38. The van der Waals surface area contributed by atoms with Crippen LogP contribution in [0.3, 0.4) is 0 Å². The lowest BCUT2D eigenvalue weighted by Gasteiger charge is -2.24. The molecule has 5 heteroatoms. The quantitative estimate of drug-likeness (QED) is 0.833. The molecular formula is C11H19N3S2. The lowest BCUT2D eigenvalue weighted by atomic mass is 10.2. The predicted octanol–water partition coefficient (Wildman–Crippen LogP) is 1.74. The Hall–Kier alpha value is 0.130. The van der Waals surface area contributed by atoms with Crippen LogP contribution >= 0.6 is 23.5 Å². The molecule has 2 fully saturated rings. The number of nitrogens with two attached hydrogens (primary N) is 1. The van der Waals surface area contributed by atoms with Crippen LogP contribution in [0.1, 0.15) is 25.7 Å². The van der Waals surface area contributed by atoms with Crippen molar-refractivity contribution in [2.45, 2.75) is 35.8 Å². The Morgan fingerprint density at radius 3 is 3.06 bits per heavy atom. The van der Waals surface area contributed by atoms with Crippen LogP contribution in [0.4, 0.5) is 0 Å². The van der Waals surface area contributed by atoms with Crippen molar-refractivity contribution in [2.75, 3.05) is 25.4 Å². The van der Waals surface area contributed by atoms with Gasteiger partial charge in [0.25, 0.3) is 0 Å². The Morgan fingerprint density at radius 2 is 2.38 bits per heavy atom. The molecule has 1 aliphatic carbocycles. The fraction of sp³-hybridized carbons (Fsp3) is 0.909. The van der Waals surface area contributed by atoms with Crippen molar-refractivity contribution in [2.24, 2.45) is 10.7 Å². The maximum Gasteiger partial charge on any atom is 0.155 e. The van der Waals surface area contributed by atoms with Gasteiger partial charge in [-0.15, -0.1) is 11.8 Å². The maximum atomic E-state index is 5.66. The first-order valence-corrected chi connectivity index (χ1v) is 8.05. The summed E-state index contributed by atoms with van der Waals surface area (Å²) < 4.78 is 0.581. The van der Waals surface area contributed by atoms with Crippen LogP contribution in [-0.2, 0) is 0 Å². The highest BCUT2D eigenvalue weighted by molar-refractivity contribution is 8.25. The van der Waals surface area contributed by atoms with E-state index in [9.17, 15) is 0 Å². The van der Waals surface area contributed by atoms with Crippen molar-refractivity contribution in [3.8, 4) is 0 Å². The van der Waals surface area contributed by atoms with E-state index >= 15 is 0 Å². The average molecular weight is 257 g/mol. The minimum Gasteiger partial charge on any atom is -0.379 e. The summed E-state index contributed by atoms with van der Waals surface area (Å²) >= 11 is 3.77. The molecule has 0 aromatic carbocycles. The number of aliphatic imine (C=N–C) groups is 1. The summed E-state index contributed by atoms with van der Waals surface area (Å²) in [5.74, 6) is 1.24. The Kier molecular flexibility index (Phi) is 3.11. The molecular weight excluding hydrogens is 238 g/mol. The molecule has 2 heterocycles. The van der Waals surface area contributed by atoms with Gasteiger partial charge in [0, 0.05) is 17.8 Å². The summed E-state index contributed by atoms with van der Waals surface area (Å²) in [5, 5.41) is 0.775. The molecule has 1 saturated carbocycles. The van der Waals surface area contributed by atoms with E-state index in [2.05, 4.69) is 9.89 Å². The van der Waals surface area contributed by atoms with Crippen LogP contribution in [0.5, 0.6) is 0 Å². The van der Waals surface area contributed by atoms with Crippen LogP contribution in [0.2, 0.25) is 0 Å². The molecule has 1 saturated heterocycles. The molecule has 1 unspecified atom stereocenters. The minimum absolute atomic E-state index is 0.581. The molecule has 90 valence electrons. The van der Waals surface area contributed by atoms with Crippen LogP contribution in [0.25, 0.3) is 0 Å². The topological polar surface area (TPSA) is 41.6 Å². The molecule has 3 nitrogen and oxygen atoms in total. The fourth-order valence-corrected chi connectivity index (χ4v) is 5.00. The second-order valence-corrected chi connectivity index (χ2v) is 7.74. The molecule has 2 aliphatic heterocycles. The van der Waals surface area contributed by atoms with Gasteiger partial charge in [0.05, 0.1) is 11.1 Å². The van der Waals surface area contributed by atoms with Gasteiger partial charge in [-0.25, -0.2) is 0 Å². The van der Waals surface area contributed by atoms with Crippen molar-refractivity contribution < 1.29 is 0 Å². The summed E-state index contributed by atoms with van der Waals surface area (Å²) in [6.45, 7) is 3.50. The number of amidine groups is 1. The van der Waals surface area contributed by atoms with E-state index in [-0.39, 0.29) is 0 Å². The second-order valence-electron chi connectivity index (χ2n) is 4.91. The number of hydrogen-bond donors (Lipinski definition) is 1. The Labute approximate surface area is 106 Å². The monoisotopic (exact) mass is 257 g/mol. The number of thioether (sulfide) groups is 2. The van der Waals surface area contributed by atoms with E-state index in [4.69, 9.17) is 5.73 Å². The molecule has 0 radical (unpaired) electrons. The van der Waals surface area contributed by atoms with Crippen molar-refractivity contribution in [1.29, 1.82) is 0 Å². The lowest BCUT2D eigenvalue weighted by Crippen LogP contribution is -2.33. The van der Waals surface area contributed by atoms with E-state index in [1.165, 1.54) is 44.5 Å². The number of rotatable bonds is 4. The van der Waals surface area contributed by atoms with Crippen LogP contribution in [0, 0.1) is 0 Å². The summed E-state index contributed by atoms with van der Waals surface area (Å²) in [4.78, 5) is 6.96. The molecule has 0 amide bonds. The van der Waals surface area contributed by atoms with Crippen molar-refractivity contribution in [3.05, 3.63) is 0 Å². The minimum atomic E-state index is 0.581. The summed E-state index contributed by atoms with van der Waals surface area (Å²) in [5.41, 5.74) is 6.33. The van der Waals surface area contributed by atoms with Gasteiger partial charge < -0.3 is 5.73 Å². The van der Waals surface area contributed by atoms with E-state index in [1.807, 2.05) is 11.8 Å². The zero-order chi connectivity index (χ0) is 11.0. The first-order chi connectivity index (χ1) is 7.78. The number of hydrogen-bond acceptors (Lipinski definition) is 5. The van der Waals surface area contributed by atoms with Crippen molar-refractivity contribution in [1.82, 2.24) is 4.90 Å². The number of likely N-dealkylation sites (tertiary alicyclic amines) is 1.